The van der Waals surface area contributed by atoms with Crippen molar-refractivity contribution in [3.05, 3.63) is 28.2 Å². The van der Waals surface area contributed by atoms with Gasteiger partial charge in [0.15, 0.2) is 5.13 Å². The minimum atomic E-state index is 0.821. The van der Waals surface area contributed by atoms with E-state index in [1.54, 1.807) is 11.3 Å². The highest BCUT2D eigenvalue weighted by Gasteiger charge is 2.00. The maximum absolute atomic E-state index is 4.42. The Labute approximate surface area is 91.0 Å². The Balaban J connectivity index is 1.92. The smallest absolute Gasteiger partial charge is 0.183 e. The van der Waals surface area contributed by atoms with Gasteiger partial charge in [0.25, 0.3) is 0 Å². The van der Waals surface area contributed by atoms with E-state index < -0.39 is 0 Å². The first-order valence-corrected chi connectivity index (χ1v) is 6.11. The molecule has 0 atom stereocenters. The van der Waals surface area contributed by atoms with Gasteiger partial charge in [-0.3, -0.25) is 0 Å². The molecule has 2 aromatic rings. The molecule has 0 radical (unpaired) electrons. The zero-order valence-corrected chi connectivity index (χ0v) is 9.49. The lowest BCUT2D eigenvalue weighted by Crippen LogP contribution is -1.96. The van der Waals surface area contributed by atoms with Gasteiger partial charge in [-0.05, 0) is 24.0 Å². The fraction of sp³-hybridized carbons (Fsp3) is 0.333. The highest BCUT2D eigenvalue weighted by Crippen LogP contribution is 2.17. The van der Waals surface area contributed by atoms with Crippen molar-refractivity contribution in [1.29, 1.82) is 0 Å². The summed E-state index contributed by atoms with van der Waals surface area (Å²) in [6.07, 6.45) is 2.82. The average molecular weight is 225 g/mol. The molecule has 1 N–H and O–H groups in total. The summed E-state index contributed by atoms with van der Waals surface area (Å²) in [6, 6.07) is 2.02. The highest BCUT2D eigenvalue weighted by molar-refractivity contribution is 7.13. The van der Waals surface area contributed by atoms with E-state index in [-0.39, 0.29) is 0 Å². The lowest BCUT2D eigenvalue weighted by atomic mass is 10.4. The van der Waals surface area contributed by atoms with Gasteiger partial charge in [-0.15, -0.1) is 11.3 Å². The summed E-state index contributed by atoms with van der Waals surface area (Å²) in [7, 11) is 0. The van der Waals surface area contributed by atoms with Crippen molar-refractivity contribution in [3.8, 4) is 0 Å². The van der Waals surface area contributed by atoms with Gasteiger partial charge in [-0.2, -0.15) is 0 Å². The van der Waals surface area contributed by atoms with Crippen LogP contribution < -0.4 is 5.32 Å². The normalized spacial score (nSPS) is 10.4. The zero-order chi connectivity index (χ0) is 9.80. The number of thiazole rings is 1. The first-order valence-electron chi connectivity index (χ1n) is 4.46. The van der Waals surface area contributed by atoms with Crippen LogP contribution in [-0.4, -0.2) is 9.36 Å². The number of nitrogens with one attached hydrogen (secondary N) is 1. The molecule has 5 heteroatoms. The van der Waals surface area contributed by atoms with Crippen LogP contribution in [0, 0.1) is 0 Å². The Kier molecular flexibility index (Phi) is 3.10. The first kappa shape index (κ1) is 9.61. The Bertz CT molecular complexity index is 380. The SMILES string of the molecule is CCc1csc(NCc2ccns2)n1. The molecule has 0 unspecified atom stereocenters. The van der Waals surface area contributed by atoms with Crippen molar-refractivity contribution in [3.63, 3.8) is 0 Å². The van der Waals surface area contributed by atoms with Crippen LogP contribution in [0.4, 0.5) is 5.13 Å². The van der Waals surface area contributed by atoms with Crippen molar-refractivity contribution in [2.75, 3.05) is 5.32 Å². The maximum atomic E-state index is 4.42. The van der Waals surface area contributed by atoms with Gasteiger partial charge in [-0.1, -0.05) is 6.92 Å². The third-order valence-electron chi connectivity index (χ3n) is 1.82. The van der Waals surface area contributed by atoms with E-state index in [2.05, 4.69) is 27.0 Å². The van der Waals surface area contributed by atoms with E-state index in [0.717, 1.165) is 23.8 Å². The summed E-state index contributed by atoms with van der Waals surface area (Å²) < 4.78 is 4.04. The molecule has 14 heavy (non-hydrogen) atoms. The molecular formula is C9H11N3S2. The van der Waals surface area contributed by atoms with Crippen LogP contribution in [0.1, 0.15) is 17.5 Å². The Morgan fingerprint density at radius 3 is 3.07 bits per heavy atom. The molecule has 0 bridgehead atoms. The lowest BCUT2D eigenvalue weighted by molar-refractivity contribution is 1.05. The number of aromatic nitrogens is 2. The number of rotatable bonds is 4. The molecule has 3 nitrogen and oxygen atoms in total. The number of anilines is 1. The Morgan fingerprint density at radius 1 is 1.50 bits per heavy atom. The second kappa shape index (κ2) is 4.52. The molecule has 74 valence electrons. The standard InChI is InChI=1S/C9H11N3S2/c1-2-7-6-13-9(12-7)10-5-8-3-4-11-14-8/h3-4,6H,2,5H2,1H3,(H,10,12). The summed E-state index contributed by atoms with van der Waals surface area (Å²) in [5.41, 5.74) is 1.15. The van der Waals surface area contributed by atoms with Crippen LogP contribution in [0.2, 0.25) is 0 Å². The van der Waals surface area contributed by atoms with Crippen molar-refractivity contribution in [2.24, 2.45) is 0 Å². The zero-order valence-electron chi connectivity index (χ0n) is 7.86. The van der Waals surface area contributed by atoms with Gasteiger partial charge in [0, 0.05) is 16.5 Å². The molecule has 0 aliphatic heterocycles. The molecular weight excluding hydrogens is 214 g/mol. The monoisotopic (exact) mass is 225 g/mol. The molecule has 2 heterocycles. The van der Waals surface area contributed by atoms with Gasteiger partial charge < -0.3 is 5.32 Å². The molecule has 0 saturated carbocycles. The molecule has 0 fully saturated rings. The molecule has 0 amide bonds. The Morgan fingerprint density at radius 2 is 2.43 bits per heavy atom. The quantitative estimate of drug-likeness (QED) is 0.869. The molecule has 0 aromatic carbocycles. The molecule has 0 aliphatic carbocycles. The molecule has 0 spiro atoms. The summed E-state index contributed by atoms with van der Waals surface area (Å²) >= 11 is 3.18. The minimum Gasteiger partial charge on any atom is -0.357 e. The summed E-state index contributed by atoms with van der Waals surface area (Å²) in [4.78, 5) is 5.65. The van der Waals surface area contributed by atoms with Crippen molar-refractivity contribution in [1.82, 2.24) is 9.36 Å². The summed E-state index contributed by atoms with van der Waals surface area (Å²) in [5, 5.41) is 6.37. The van der Waals surface area contributed by atoms with E-state index in [1.165, 1.54) is 16.4 Å². The topological polar surface area (TPSA) is 37.8 Å². The Hall–Kier alpha value is -0.940. The second-order valence-corrected chi connectivity index (χ2v) is 4.61. The molecule has 2 rings (SSSR count). The van der Waals surface area contributed by atoms with Crippen LogP contribution in [0.3, 0.4) is 0 Å². The third kappa shape index (κ3) is 2.30. The third-order valence-corrected chi connectivity index (χ3v) is 3.41. The van der Waals surface area contributed by atoms with Gasteiger partial charge in [0.2, 0.25) is 0 Å². The molecule has 0 aliphatic rings. The molecule has 0 saturated heterocycles. The van der Waals surface area contributed by atoms with Crippen LogP contribution in [-0.2, 0) is 13.0 Å². The predicted octanol–water partition coefficient (Wildman–Crippen LogP) is 2.77. The lowest BCUT2D eigenvalue weighted by Gasteiger charge is -1.97. The van der Waals surface area contributed by atoms with Crippen molar-refractivity contribution < 1.29 is 0 Å². The summed E-state index contributed by atoms with van der Waals surface area (Å²) in [5.74, 6) is 0. The van der Waals surface area contributed by atoms with Gasteiger partial charge in [-0.25, -0.2) is 9.36 Å². The number of hydrogen-bond acceptors (Lipinski definition) is 5. The van der Waals surface area contributed by atoms with E-state index >= 15 is 0 Å². The van der Waals surface area contributed by atoms with Crippen LogP contribution in [0.15, 0.2) is 17.6 Å². The van der Waals surface area contributed by atoms with Gasteiger partial charge >= 0.3 is 0 Å². The number of aryl methyl sites for hydroxylation is 1. The van der Waals surface area contributed by atoms with Crippen molar-refractivity contribution in [2.45, 2.75) is 19.9 Å². The van der Waals surface area contributed by atoms with Crippen LogP contribution in [0.5, 0.6) is 0 Å². The second-order valence-electron chi connectivity index (χ2n) is 2.83. The highest BCUT2D eigenvalue weighted by atomic mass is 32.1. The van der Waals surface area contributed by atoms with Crippen LogP contribution in [0.25, 0.3) is 0 Å². The average Bonchev–Trinajstić information content (AvgIpc) is 2.86. The number of nitrogens with zero attached hydrogens (tertiary/aromatic N) is 2. The van der Waals surface area contributed by atoms with E-state index in [1.807, 2.05) is 12.3 Å². The van der Waals surface area contributed by atoms with Gasteiger partial charge in [0.05, 0.1) is 12.2 Å². The van der Waals surface area contributed by atoms with Crippen molar-refractivity contribution >= 4 is 28.0 Å². The largest absolute Gasteiger partial charge is 0.357 e. The fourth-order valence-electron chi connectivity index (χ4n) is 1.05. The van der Waals surface area contributed by atoms with E-state index in [9.17, 15) is 0 Å². The van der Waals surface area contributed by atoms with Crippen LogP contribution >= 0.6 is 22.9 Å². The van der Waals surface area contributed by atoms with E-state index in [0.29, 0.717) is 0 Å². The first-order chi connectivity index (χ1) is 6.88. The number of hydrogen-bond donors (Lipinski definition) is 1. The maximum Gasteiger partial charge on any atom is 0.183 e. The predicted molar refractivity (Wildman–Crippen MR) is 60.9 cm³/mol. The van der Waals surface area contributed by atoms with E-state index in [4.69, 9.17) is 0 Å². The fourth-order valence-corrected chi connectivity index (χ4v) is 2.35. The summed E-state index contributed by atoms with van der Waals surface area (Å²) in [6.45, 7) is 2.93. The molecule has 2 aromatic heterocycles. The van der Waals surface area contributed by atoms with Gasteiger partial charge in [0.1, 0.15) is 0 Å². The minimum absolute atomic E-state index is 0.821.